The first-order valence-electron chi connectivity index (χ1n) is 12.2. The Morgan fingerprint density at radius 1 is 1.11 bits per heavy atom. The zero-order chi connectivity index (χ0) is 26.2. The SMILES string of the molecule is COc1cc(NC(C)CCCN(Cc2ccc(F)cc2)C(=O)Nc2cccc(Cl)c2)c2ncccc2c1. The van der Waals surface area contributed by atoms with Gasteiger partial charge in [-0.15, -0.1) is 0 Å². The van der Waals surface area contributed by atoms with Gasteiger partial charge in [0.25, 0.3) is 0 Å². The van der Waals surface area contributed by atoms with Crippen LogP contribution < -0.4 is 15.4 Å². The van der Waals surface area contributed by atoms with Crippen molar-refractivity contribution >= 4 is 39.9 Å². The van der Waals surface area contributed by atoms with Gasteiger partial charge in [0.2, 0.25) is 0 Å². The van der Waals surface area contributed by atoms with E-state index in [0.717, 1.165) is 40.7 Å². The minimum Gasteiger partial charge on any atom is -0.497 e. The topological polar surface area (TPSA) is 66.5 Å². The fourth-order valence-corrected chi connectivity index (χ4v) is 4.34. The Labute approximate surface area is 221 Å². The number of benzene rings is 3. The van der Waals surface area contributed by atoms with Gasteiger partial charge in [0.05, 0.1) is 18.3 Å². The molecule has 0 fully saturated rings. The number of nitrogens with one attached hydrogen (secondary N) is 2. The second kappa shape index (κ2) is 12.4. The molecule has 1 atom stereocenters. The van der Waals surface area contributed by atoms with Crippen molar-refractivity contribution in [1.82, 2.24) is 9.88 Å². The average molecular weight is 521 g/mol. The van der Waals surface area contributed by atoms with Crippen LogP contribution in [0.3, 0.4) is 0 Å². The van der Waals surface area contributed by atoms with Crippen LogP contribution in [-0.4, -0.2) is 35.6 Å². The maximum absolute atomic E-state index is 13.4. The molecule has 0 bridgehead atoms. The first-order valence-corrected chi connectivity index (χ1v) is 12.5. The van der Waals surface area contributed by atoms with Crippen molar-refractivity contribution in [2.75, 3.05) is 24.3 Å². The van der Waals surface area contributed by atoms with Crippen LogP contribution in [0.1, 0.15) is 25.3 Å². The molecule has 0 aliphatic carbocycles. The van der Waals surface area contributed by atoms with Gasteiger partial charge in [-0.1, -0.05) is 35.9 Å². The molecule has 0 spiro atoms. The van der Waals surface area contributed by atoms with E-state index >= 15 is 0 Å². The highest BCUT2D eigenvalue weighted by Crippen LogP contribution is 2.28. The molecule has 192 valence electrons. The van der Waals surface area contributed by atoms with Crippen molar-refractivity contribution in [1.29, 1.82) is 0 Å². The number of hydrogen-bond donors (Lipinski definition) is 2. The zero-order valence-corrected chi connectivity index (χ0v) is 21.6. The quantitative estimate of drug-likeness (QED) is 0.229. The number of rotatable bonds is 10. The lowest BCUT2D eigenvalue weighted by molar-refractivity contribution is 0.207. The van der Waals surface area contributed by atoms with Gasteiger partial charge < -0.3 is 20.3 Å². The molecule has 8 heteroatoms. The van der Waals surface area contributed by atoms with Crippen molar-refractivity contribution < 1.29 is 13.9 Å². The number of carbonyl (C=O) groups is 1. The molecule has 3 aromatic carbocycles. The number of fused-ring (bicyclic) bond motifs is 1. The molecule has 1 heterocycles. The van der Waals surface area contributed by atoms with E-state index in [-0.39, 0.29) is 17.9 Å². The lowest BCUT2D eigenvalue weighted by atomic mass is 10.1. The molecule has 1 unspecified atom stereocenters. The lowest BCUT2D eigenvalue weighted by Crippen LogP contribution is -2.35. The van der Waals surface area contributed by atoms with E-state index in [0.29, 0.717) is 23.8 Å². The predicted molar refractivity (Wildman–Crippen MR) is 148 cm³/mol. The normalized spacial score (nSPS) is 11.7. The average Bonchev–Trinajstić information content (AvgIpc) is 2.89. The largest absolute Gasteiger partial charge is 0.497 e. The molecule has 0 aliphatic rings. The molecule has 2 N–H and O–H groups in total. The minimum absolute atomic E-state index is 0.126. The highest BCUT2D eigenvalue weighted by molar-refractivity contribution is 6.30. The van der Waals surface area contributed by atoms with Crippen molar-refractivity contribution in [3.63, 3.8) is 0 Å². The van der Waals surface area contributed by atoms with E-state index in [1.807, 2.05) is 24.3 Å². The molecule has 0 saturated heterocycles. The zero-order valence-electron chi connectivity index (χ0n) is 20.9. The maximum atomic E-state index is 13.4. The molecule has 1 aromatic heterocycles. The Balaban J connectivity index is 1.41. The number of carbonyl (C=O) groups excluding carboxylic acids is 1. The molecular formula is C29H30ClFN4O2. The third kappa shape index (κ3) is 7.33. The van der Waals surface area contributed by atoms with E-state index in [2.05, 4.69) is 22.5 Å². The second-order valence-corrected chi connectivity index (χ2v) is 9.36. The van der Waals surface area contributed by atoms with Gasteiger partial charge in [-0.2, -0.15) is 0 Å². The van der Waals surface area contributed by atoms with E-state index in [1.165, 1.54) is 12.1 Å². The standard InChI is InChI=1S/C29H30ClFN4O2/c1-20(33-27-18-26(37-2)16-22-7-4-14-32-28(22)27)6-5-15-35(19-21-10-12-24(31)13-11-21)29(36)34-25-9-3-8-23(30)17-25/h3-4,7-14,16-18,20,33H,5-6,15,19H2,1-2H3,(H,34,36). The van der Waals surface area contributed by atoms with Crippen molar-refractivity contribution in [3.8, 4) is 5.75 Å². The Hall–Kier alpha value is -3.84. The minimum atomic E-state index is -0.307. The smallest absolute Gasteiger partial charge is 0.322 e. The summed E-state index contributed by atoms with van der Waals surface area (Å²) in [6.45, 7) is 2.98. The van der Waals surface area contributed by atoms with Crippen molar-refractivity contribution in [2.45, 2.75) is 32.4 Å². The Morgan fingerprint density at radius 2 is 1.92 bits per heavy atom. The van der Waals surface area contributed by atoms with Crippen LogP contribution in [0.15, 0.2) is 79.0 Å². The highest BCUT2D eigenvalue weighted by atomic mass is 35.5. The molecule has 4 rings (SSSR count). The van der Waals surface area contributed by atoms with Gasteiger partial charge in [0, 0.05) is 47.5 Å². The van der Waals surface area contributed by atoms with Crippen LogP contribution in [0, 0.1) is 5.82 Å². The number of methoxy groups -OCH3 is 1. The van der Waals surface area contributed by atoms with Crippen molar-refractivity contribution in [3.05, 3.63) is 95.4 Å². The molecule has 0 saturated carbocycles. The summed E-state index contributed by atoms with van der Waals surface area (Å²) in [6.07, 6.45) is 3.35. The van der Waals surface area contributed by atoms with E-state index in [9.17, 15) is 9.18 Å². The van der Waals surface area contributed by atoms with Crippen LogP contribution in [0.25, 0.3) is 10.9 Å². The Bertz CT molecular complexity index is 1350. The van der Waals surface area contributed by atoms with E-state index in [4.69, 9.17) is 16.3 Å². The molecule has 2 amide bonds. The molecule has 6 nitrogen and oxygen atoms in total. The number of urea groups is 1. The van der Waals surface area contributed by atoms with Gasteiger partial charge in [-0.3, -0.25) is 4.98 Å². The fourth-order valence-electron chi connectivity index (χ4n) is 4.15. The Kier molecular flexibility index (Phi) is 8.80. The van der Waals surface area contributed by atoms with Crippen LogP contribution in [0.5, 0.6) is 5.75 Å². The second-order valence-electron chi connectivity index (χ2n) is 8.93. The summed E-state index contributed by atoms with van der Waals surface area (Å²) >= 11 is 6.07. The number of halogens is 2. The van der Waals surface area contributed by atoms with Crippen LogP contribution in [0.2, 0.25) is 5.02 Å². The number of aromatic nitrogens is 1. The number of ether oxygens (including phenoxy) is 1. The monoisotopic (exact) mass is 520 g/mol. The summed E-state index contributed by atoms with van der Waals surface area (Å²) in [6, 6.07) is 20.9. The van der Waals surface area contributed by atoms with Crippen LogP contribution in [-0.2, 0) is 6.54 Å². The summed E-state index contributed by atoms with van der Waals surface area (Å²) < 4.78 is 18.9. The van der Waals surface area contributed by atoms with Gasteiger partial charge >= 0.3 is 6.03 Å². The summed E-state index contributed by atoms with van der Waals surface area (Å²) in [4.78, 5) is 19.4. The van der Waals surface area contributed by atoms with Crippen molar-refractivity contribution in [2.24, 2.45) is 0 Å². The third-order valence-electron chi connectivity index (χ3n) is 6.03. The maximum Gasteiger partial charge on any atom is 0.322 e. The number of hydrogen-bond acceptors (Lipinski definition) is 4. The number of pyridine rings is 1. The van der Waals surface area contributed by atoms with E-state index < -0.39 is 0 Å². The first-order chi connectivity index (χ1) is 17.9. The summed E-state index contributed by atoms with van der Waals surface area (Å²) in [5.41, 5.74) is 3.26. The molecule has 37 heavy (non-hydrogen) atoms. The number of amides is 2. The summed E-state index contributed by atoms with van der Waals surface area (Å²) in [5.74, 6) is 0.455. The van der Waals surface area contributed by atoms with Crippen LogP contribution in [0.4, 0.5) is 20.6 Å². The summed E-state index contributed by atoms with van der Waals surface area (Å²) in [5, 5.41) is 8.01. The van der Waals surface area contributed by atoms with Crippen LogP contribution >= 0.6 is 11.6 Å². The number of nitrogens with zero attached hydrogens (tertiary/aromatic N) is 2. The van der Waals surface area contributed by atoms with Gasteiger partial charge in [0.15, 0.2) is 0 Å². The van der Waals surface area contributed by atoms with Gasteiger partial charge in [0.1, 0.15) is 11.6 Å². The Morgan fingerprint density at radius 3 is 2.68 bits per heavy atom. The molecule has 0 radical (unpaired) electrons. The first kappa shape index (κ1) is 26.2. The van der Waals surface area contributed by atoms with E-state index in [1.54, 1.807) is 54.6 Å². The number of anilines is 2. The fraction of sp³-hybridized carbons (Fsp3) is 0.241. The predicted octanol–water partition coefficient (Wildman–Crippen LogP) is 7.35. The van der Waals surface area contributed by atoms with Gasteiger partial charge in [-0.25, -0.2) is 9.18 Å². The molecular weight excluding hydrogens is 491 g/mol. The molecule has 0 aliphatic heterocycles. The molecule has 4 aromatic rings. The third-order valence-corrected chi connectivity index (χ3v) is 6.27. The summed E-state index contributed by atoms with van der Waals surface area (Å²) in [7, 11) is 1.65. The van der Waals surface area contributed by atoms with Gasteiger partial charge in [-0.05, 0) is 67.8 Å². The highest BCUT2D eigenvalue weighted by Gasteiger charge is 2.16. The lowest BCUT2D eigenvalue weighted by Gasteiger charge is -2.25.